The Balaban J connectivity index is 3.08. The minimum Gasteiger partial charge on any atom is -0.347 e. The first-order chi connectivity index (χ1) is 8.28. The fourth-order valence-electron chi connectivity index (χ4n) is 1.30. The predicted molar refractivity (Wildman–Crippen MR) is 72.6 cm³/mol. The van der Waals surface area contributed by atoms with Gasteiger partial charge in [0.1, 0.15) is 4.47 Å². The second-order valence-electron chi connectivity index (χ2n) is 4.59. The number of carbonyl (C=O) groups excluding carboxylic acids is 1. The molecule has 0 atom stereocenters. The number of nitrogens with one attached hydrogen (secondary N) is 1. The van der Waals surface area contributed by atoms with E-state index >= 15 is 0 Å². The molecular weight excluding hydrogens is 300 g/mol. The summed E-state index contributed by atoms with van der Waals surface area (Å²) < 4.78 is 0.208. The summed E-state index contributed by atoms with van der Waals surface area (Å²) in [6, 6.07) is 4.40. The van der Waals surface area contributed by atoms with E-state index in [2.05, 4.69) is 21.2 Å². The molecule has 0 saturated heterocycles. The maximum atomic E-state index is 12.1. The second-order valence-corrected chi connectivity index (χ2v) is 5.38. The van der Waals surface area contributed by atoms with Crippen molar-refractivity contribution in [2.24, 2.45) is 0 Å². The summed E-state index contributed by atoms with van der Waals surface area (Å²) in [4.78, 5) is 22.3. The van der Waals surface area contributed by atoms with Crippen LogP contribution >= 0.6 is 15.9 Å². The van der Waals surface area contributed by atoms with Gasteiger partial charge in [0.05, 0.1) is 10.5 Å². The minimum atomic E-state index is -0.522. The molecule has 1 amide bonds. The van der Waals surface area contributed by atoms with E-state index in [0.29, 0.717) is 0 Å². The van der Waals surface area contributed by atoms with Crippen molar-refractivity contribution in [1.29, 1.82) is 0 Å². The van der Waals surface area contributed by atoms with Crippen molar-refractivity contribution in [2.75, 3.05) is 0 Å². The topological polar surface area (TPSA) is 72.2 Å². The van der Waals surface area contributed by atoms with E-state index in [-0.39, 0.29) is 27.2 Å². The minimum absolute atomic E-state index is 0.114. The molecule has 0 radical (unpaired) electrons. The standard InChI is InChI=1S/C12H15BrN2O3/c1-4-12(2,3)14-11(16)8-6-5-7-9(10(8)13)15(17)18/h5-7H,4H2,1-3H3,(H,14,16). The van der Waals surface area contributed by atoms with Crippen molar-refractivity contribution in [3.05, 3.63) is 38.3 Å². The van der Waals surface area contributed by atoms with Crippen molar-refractivity contribution >= 4 is 27.5 Å². The average molecular weight is 315 g/mol. The van der Waals surface area contributed by atoms with Crippen molar-refractivity contribution in [3.63, 3.8) is 0 Å². The summed E-state index contributed by atoms with van der Waals surface area (Å²) in [7, 11) is 0. The molecule has 0 spiro atoms. The van der Waals surface area contributed by atoms with Crippen LogP contribution in [0.1, 0.15) is 37.6 Å². The zero-order valence-electron chi connectivity index (χ0n) is 10.5. The van der Waals surface area contributed by atoms with E-state index in [9.17, 15) is 14.9 Å². The Morgan fingerprint density at radius 2 is 2.11 bits per heavy atom. The number of carbonyl (C=O) groups is 1. The summed E-state index contributed by atoms with van der Waals surface area (Å²) in [6.45, 7) is 5.76. The highest BCUT2D eigenvalue weighted by Gasteiger charge is 2.23. The highest BCUT2D eigenvalue weighted by Crippen LogP contribution is 2.28. The Morgan fingerprint density at radius 3 is 2.61 bits per heavy atom. The summed E-state index contributed by atoms with van der Waals surface area (Å²) in [5.41, 5.74) is -0.191. The SMILES string of the molecule is CCC(C)(C)NC(=O)c1cccc([N+](=O)[O-])c1Br. The lowest BCUT2D eigenvalue weighted by Crippen LogP contribution is -2.42. The van der Waals surface area contributed by atoms with E-state index < -0.39 is 4.92 Å². The number of nitro benzene ring substituents is 1. The highest BCUT2D eigenvalue weighted by molar-refractivity contribution is 9.10. The smallest absolute Gasteiger partial charge is 0.284 e. The number of amides is 1. The van der Waals surface area contributed by atoms with Crippen LogP contribution in [0.2, 0.25) is 0 Å². The van der Waals surface area contributed by atoms with Crippen molar-refractivity contribution in [2.45, 2.75) is 32.7 Å². The molecule has 0 aliphatic rings. The van der Waals surface area contributed by atoms with Gasteiger partial charge < -0.3 is 5.32 Å². The van der Waals surface area contributed by atoms with E-state index in [1.807, 2.05) is 20.8 Å². The molecule has 1 rings (SSSR count). The fourth-order valence-corrected chi connectivity index (χ4v) is 1.89. The first kappa shape index (κ1) is 14.6. The molecular formula is C12H15BrN2O3. The number of hydrogen-bond donors (Lipinski definition) is 1. The average Bonchev–Trinajstić information content (AvgIpc) is 2.28. The highest BCUT2D eigenvalue weighted by atomic mass is 79.9. The first-order valence-electron chi connectivity index (χ1n) is 5.54. The number of nitrogens with zero attached hydrogens (tertiary/aromatic N) is 1. The number of halogens is 1. The largest absolute Gasteiger partial charge is 0.347 e. The Bertz CT molecular complexity index is 486. The molecule has 0 bridgehead atoms. The number of benzene rings is 1. The molecule has 0 heterocycles. The van der Waals surface area contributed by atoms with E-state index in [1.54, 1.807) is 6.07 Å². The maximum absolute atomic E-state index is 12.1. The van der Waals surface area contributed by atoms with Gasteiger partial charge in [0.2, 0.25) is 0 Å². The molecule has 1 aromatic carbocycles. The molecule has 1 aromatic rings. The molecule has 6 heteroatoms. The van der Waals surface area contributed by atoms with Crippen LogP contribution in [0, 0.1) is 10.1 Å². The van der Waals surface area contributed by atoms with Crippen molar-refractivity contribution in [3.8, 4) is 0 Å². The molecule has 0 aliphatic heterocycles. The third kappa shape index (κ3) is 3.29. The van der Waals surface area contributed by atoms with E-state index in [0.717, 1.165) is 6.42 Å². The molecule has 0 aliphatic carbocycles. The van der Waals surface area contributed by atoms with Gasteiger partial charge in [0.15, 0.2) is 0 Å². The Morgan fingerprint density at radius 1 is 1.50 bits per heavy atom. The quantitative estimate of drug-likeness (QED) is 0.684. The molecule has 98 valence electrons. The van der Waals surface area contributed by atoms with Gasteiger partial charge in [-0.2, -0.15) is 0 Å². The van der Waals surface area contributed by atoms with Crippen LogP contribution in [0.3, 0.4) is 0 Å². The first-order valence-corrected chi connectivity index (χ1v) is 6.33. The molecule has 18 heavy (non-hydrogen) atoms. The Hall–Kier alpha value is -1.43. The van der Waals surface area contributed by atoms with Gasteiger partial charge in [-0.3, -0.25) is 14.9 Å². The lowest BCUT2D eigenvalue weighted by atomic mass is 10.0. The molecule has 0 saturated carbocycles. The van der Waals surface area contributed by atoms with E-state index in [4.69, 9.17) is 0 Å². The van der Waals surface area contributed by atoms with Crippen LogP contribution in [0.25, 0.3) is 0 Å². The third-order valence-corrected chi connectivity index (χ3v) is 3.59. The number of rotatable bonds is 4. The third-order valence-electron chi connectivity index (χ3n) is 2.76. The van der Waals surface area contributed by atoms with Crippen LogP contribution in [-0.4, -0.2) is 16.4 Å². The Labute approximate surface area is 114 Å². The lowest BCUT2D eigenvalue weighted by molar-refractivity contribution is -0.385. The predicted octanol–water partition coefficient (Wildman–Crippen LogP) is 3.28. The summed E-state index contributed by atoms with van der Waals surface area (Å²) in [5.74, 6) is -0.322. The Kier molecular flexibility index (Phi) is 4.45. The van der Waals surface area contributed by atoms with E-state index in [1.165, 1.54) is 12.1 Å². The summed E-state index contributed by atoms with van der Waals surface area (Å²) in [5, 5.41) is 13.6. The van der Waals surface area contributed by atoms with Gasteiger partial charge in [-0.15, -0.1) is 0 Å². The molecule has 0 unspecified atom stereocenters. The van der Waals surface area contributed by atoms with Crippen molar-refractivity contribution < 1.29 is 9.72 Å². The molecule has 1 N–H and O–H groups in total. The fraction of sp³-hybridized carbons (Fsp3) is 0.417. The number of nitro groups is 1. The van der Waals surface area contributed by atoms with Crippen LogP contribution in [-0.2, 0) is 0 Å². The van der Waals surface area contributed by atoms with Crippen LogP contribution in [0.5, 0.6) is 0 Å². The van der Waals surface area contributed by atoms with Crippen LogP contribution < -0.4 is 5.32 Å². The summed E-state index contributed by atoms with van der Waals surface area (Å²) >= 11 is 3.11. The number of hydrogen-bond acceptors (Lipinski definition) is 3. The van der Waals surface area contributed by atoms with Gasteiger partial charge in [-0.05, 0) is 42.3 Å². The molecule has 5 nitrogen and oxygen atoms in total. The van der Waals surface area contributed by atoms with Gasteiger partial charge in [0.25, 0.3) is 11.6 Å². The molecule has 0 fully saturated rings. The second kappa shape index (κ2) is 5.48. The summed E-state index contributed by atoms with van der Waals surface area (Å²) in [6.07, 6.45) is 0.769. The lowest BCUT2D eigenvalue weighted by Gasteiger charge is -2.24. The van der Waals surface area contributed by atoms with Gasteiger partial charge >= 0.3 is 0 Å². The van der Waals surface area contributed by atoms with Gasteiger partial charge in [0, 0.05) is 11.6 Å². The van der Waals surface area contributed by atoms with Gasteiger partial charge in [-0.25, -0.2) is 0 Å². The molecule has 0 aromatic heterocycles. The van der Waals surface area contributed by atoms with Crippen molar-refractivity contribution in [1.82, 2.24) is 5.32 Å². The van der Waals surface area contributed by atoms with Crippen LogP contribution in [0.4, 0.5) is 5.69 Å². The van der Waals surface area contributed by atoms with Gasteiger partial charge in [-0.1, -0.05) is 13.0 Å². The van der Waals surface area contributed by atoms with Crippen LogP contribution in [0.15, 0.2) is 22.7 Å². The maximum Gasteiger partial charge on any atom is 0.284 e. The zero-order chi connectivity index (χ0) is 13.9. The monoisotopic (exact) mass is 314 g/mol. The normalized spacial score (nSPS) is 11.1. The zero-order valence-corrected chi connectivity index (χ0v) is 12.1.